The van der Waals surface area contributed by atoms with Gasteiger partial charge >= 0.3 is 0 Å². The van der Waals surface area contributed by atoms with E-state index in [2.05, 4.69) is 20.6 Å². The lowest BCUT2D eigenvalue weighted by Gasteiger charge is -2.19. The van der Waals surface area contributed by atoms with Crippen molar-refractivity contribution >= 4 is 5.96 Å². The van der Waals surface area contributed by atoms with Crippen LogP contribution in [0.25, 0.3) is 5.69 Å². The molecule has 0 amide bonds. The van der Waals surface area contributed by atoms with E-state index in [0.717, 1.165) is 5.56 Å². The lowest BCUT2D eigenvalue weighted by atomic mass is 10.2. The first kappa shape index (κ1) is 21.2. The zero-order valence-electron chi connectivity index (χ0n) is 17.3. The first-order chi connectivity index (χ1) is 14.6. The third-order valence-corrected chi connectivity index (χ3v) is 4.43. The molecule has 8 heteroatoms. The second-order valence-corrected chi connectivity index (χ2v) is 6.64. The summed E-state index contributed by atoms with van der Waals surface area (Å²) >= 11 is 0. The summed E-state index contributed by atoms with van der Waals surface area (Å²) in [6.45, 7) is 2.92. The summed E-state index contributed by atoms with van der Waals surface area (Å²) in [5.74, 6) is 1.66. The molecule has 0 radical (unpaired) electrons. The first-order valence-electron chi connectivity index (χ1n) is 9.61. The van der Waals surface area contributed by atoms with Gasteiger partial charge in [0.2, 0.25) is 0 Å². The minimum Gasteiger partial charge on any atom is -0.493 e. The summed E-state index contributed by atoms with van der Waals surface area (Å²) in [5.41, 5.74) is 1.26. The molecule has 30 heavy (non-hydrogen) atoms. The second kappa shape index (κ2) is 10.3. The molecule has 0 bridgehead atoms. The molecule has 0 aliphatic heterocycles. The third kappa shape index (κ3) is 5.50. The third-order valence-electron chi connectivity index (χ3n) is 4.43. The molecule has 1 unspecified atom stereocenters. The van der Waals surface area contributed by atoms with Gasteiger partial charge in [-0.15, -0.1) is 0 Å². The topological polar surface area (TPSA) is 72.7 Å². The lowest BCUT2D eigenvalue weighted by molar-refractivity contribution is 0.213. The molecule has 1 heterocycles. The molecule has 2 aromatic carbocycles. The fraction of sp³-hybridized carbons (Fsp3) is 0.273. The Morgan fingerprint density at radius 2 is 2.00 bits per heavy atom. The number of rotatable bonds is 8. The number of aromatic nitrogens is 2. The van der Waals surface area contributed by atoms with E-state index in [1.54, 1.807) is 43.5 Å². The Balaban J connectivity index is 1.50. The summed E-state index contributed by atoms with van der Waals surface area (Å²) in [5, 5.41) is 6.39. The normalized spacial score (nSPS) is 12.3. The van der Waals surface area contributed by atoms with Crippen LogP contribution in [-0.4, -0.2) is 42.3 Å². The van der Waals surface area contributed by atoms with Crippen LogP contribution in [0.15, 0.2) is 66.2 Å². The molecule has 3 rings (SSSR count). The van der Waals surface area contributed by atoms with Crippen LogP contribution in [0.5, 0.6) is 11.5 Å². The van der Waals surface area contributed by atoms with Crippen molar-refractivity contribution in [2.24, 2.45) is 4.99 Å². The first-order valence-corrected chi connectivity index (χ1v) is 9.61. The van der Waals surface area contributed by atoms with Gasteiger partial charge in [0.05, 0.1) is 25.7 Å². The van der Waals surface area contributed by atoms with Gasteiger partial charge in [0, 0.05) is 26.0 Å². The molecule has 3 aromatic rings. The largest absolute Gasteiger partial charge is 0.493 e. The van der Waals surface area contributed by atoms with Crippen molar-refractivity contribution in [2.45, 2.75) is 19.6 Å². The molecule has 158 valence electrons. The summed E-state index contributed by atoms with van der Waals surface area (Å²) in [7, 11) is 3.30. The highest BCUT2D eigenvalue weighted by Gasteiger charge is 2.10. The van der Waals surface area contributed by atoms with Gasteiger partial charge in [0.25, 0.3) is 0 Å². The minimum absolute atomic E-state index is 0.119. The Bertz CT molecular complexity index is 975. The van der Waals surface area contributed by atoms with Gasteiger partial charge in [0.15, 0.2) is 17.5 Å². The molecule has 0 aliphatic carbocycles. The summed E-state index contributed by atoms with van der Waals surface area (Å²) in [6, 6.07) is 12.6. The highest BCUT2D eigenvalue weighted by atomic mass is 19.1. The van der Waals surface area contributed by atoms with E-state index >= 15 is 0 Å². The monoisotopic (exact) mass is 411 g/mol. The number of imidazole rings is 1. The van der Waals surface area contributed by atoms with Gasteiger partial charge in [0.1, 0.15) is 11.9 Å². The number of halogens is 1. The number of methoxy groups -OCH3 is 1. The Hall–Kier alpha value is -3.55. The maximum atomic E-state index is 14.4. The van der Waals surface area contributed by atoms with Crippen molar-refractivity contribution < 1.29 is 13.9 Å². The van der Waals surface area contributed by atoms with Crippen molar-refractivity contribution in [3.8, 4) is 17.2 Å². The molecular weight excluding hydrogens is 385 g/mol. The van der Waals surface area contributed by atoms with E-state index in [1.165, 1.54) is 6.07 Å². The fourth-order valence-electron chi connectivity index (χ4n) is 2.89. The zero-order chi connectivity index (χ0) is 21.3. The number of nitrogens with zero attached hydrogens (tertiary/aromatic N) is 3. The van der Waals surface area contributed by atoms with Crippen molar-refractivity contribution in [1.82, 2.24) is 20.2 Å². The molecule has 0 aliphatic rings. The van der Waals surface area contributed by atoms with Crippen LogP contribution in [0.1, 0.15) is 12.5 Å². The average Bonchev–Trinajstić information content (AvgIpc) is 3.29. The maximum absolute atomic E-state index is 14.4. The minimum atomic E-state index is -0.311. The van der Waals surface area contributed by atoms with Crippen molar-refractivity contribution in [3.05, 3.63) is 72.6 Å². The van der Waals surface area contributed by atoms with Crippen molar-refractivity contribution in [2.75, 3.05) is 20.7 Å². The average molecular weight is 411 g/mol. The van der Waals surface area contributed by atoms with E-state index in [0.29, 0.717) is 36.2 Å². The quantitative estimate of drug-likeness (QED) is 0.440. The van der Waals surface area contributed by atoms with Crippen molar-refractivity contribution in [3.63, 3.8) is 0 Å². The molecule has 0 spiro atoms. The molecule has 7 nitrogen and oxygen atoms in total. The highest BCUT2D eigenvalue weighted by Crippen LogP contribution is 2.26. The number of aliphatic imine (C=N–C) groups is 1. The Morgan fingerprint density at radius 3 is 2.67 bits per heavy atom. The van der Waals surface area contributed by atoms with Crippen LogP contribution >= 0.6 is 0 Å². The van der Waals surface area contributed by atoms with Gasteiger partial charge in [-0.25, -0.2) is 9.37 Å². The predicted molar refractivity (Wildman–Crippen MR) is 115 cm³/mol. The molecule has 0 saturated heterocycles. The number of para-hydroxylation sites is 2. The second-order valence-electron chi connectivity index (χ2n) is 6.64. The van der Waals surface area contributed by atoms with Gasteiger partial charge in [-0.1, -0.05) is 18.2 Å². The highest BCUT2D eigenvalue weighted by molar-refractivity contribution is 5.79. The fourth-order valence-corrected chi connectivity index (χ4v) is 2.89. The maximum Gasteiger partial charge on any atom is 0.191 e. The molecule has 0 saturated carbocycles. The van der Waals surface area contributed by atoms with E-state index in [-0.39, 0.29) is 11.9 Å². The number of hydrogen-bond donors (Lipinski definition) is 2. The number of guanidine groups is 1. The summed E-state index contributed by atoms with van der Waals surface area (Å²) < 4.78 is 27.3. The van der Waals surface area contributed by atoms with Crippen molar-refractivity contribution in [1.29, 1.82) is 0 Å². The predicted octanol–water partition coefficient (Wildman–Crippen LogP) is 3.15. The molecular formula is C22H26FN5O2. The van der Waals surface area contributed by atoms with E-state index < -0.39 is 0 Å². The Labute approximate surface area is 175 Å². The smallest absolute Gasteiger partial charge is 0.191 e. The molecule has 2 N–H and O–H groups in total. The summed E-state index contributed by atoms with van der Waals surface area (Å²) in [6.07, 6.45) is 4.77. The zero-order valence-corrected chi connectivity index (χ0v) is 17.3. The van der Waals surface area contributed by atoms with Crippen LogP contribution in [0.4, 0.5) is 4.39 Å². The lowest BCUT2D eigenvalue weighted by Crippen LogP contribution is -2.41. The summed E-state index contributed by atoms with van der Waals surface area (Å²) in [4.78, 5) is 8.15. The SMILES string of the molecule is CN=C(NCc1ccc(-n2ccnc2)c(F)c1)NCC(C)Oc1ccccc1OC. The van der Waals surface area contributed by atoms with Crippen LogP contribution in [-0.2, 0) is 6.54 Å². The van der Waals surface area contributed by atoms with Crippen LogP contribution in [0.2, 0.25) is 0 Å². The Morgan fingerprint density at radius 1 is 1.20 bits per heavy atom. The molecule has 1 aromatic heterocycles. The molecule has 0 fully saturated rings. The van der Waals surface area contributed by atoms with Gasteiger partial charge in [-0.3, -0.25) is 4.99 Å². The van der Waals surface area contributed by atoms with E-state index in [4.69, 9.17) is 9.47 Å². The van der Waals surface area contributed by atoms with E-state index in [1.807, 2.05) is 37.3 Å². The molecule has 1 atom stereocenters. The van der Waals surface area contributed by atoms with E-state index in [9.17, 15) is 4.39 Å². The van der Waals surface area contributed by atoms with Gasteiger partial charge in [-0.2, -0.15) is 0 Å². The number of ether oxygens (including phenoxy) is 2. The van der Waals surface area contributed by atoms with Gasteiger partial charge < -0.3 is 24.7 Å². The van der Waals surface area contributed by atoms with Crippen LogP contribution in [0.3, 0.4) is 0 Å². The number of nitrogens with one attached hydrogen (secondary N) is 2. The Kier molecular flexibility index (Phi) is 7.26. The number of hydrogen-bond acceptors (Lipinski definition) is 4. The van der Waals surface area contributed by atoms with Crippen LogP contribution < -0.4 is 20.1 Å². The van der Waals surface area contributed by atoms with Crippen LogP contribution in [0, 0.1) is 5.82 Å². The van der Waals surface area contributed by atoms with Gasteiger partial charge in [-0.05, 0) is 36.8 Å². The number of benzene rings is 2. The standard InChI is InChI=1S/C22H26FN5O2/c1-16(30-21-7-5-4-6-20(21)29-3)13-26-22(24-2)27-14-17-8-9-19(18(23)12-17)28-11-10-25-15-28/h4-12,15-16H,13-14H2,1-3H3,(H2,24,26,27).